The maximum atomic E-state index is 8.27. The second-order valence-corrected chi connectivity index (χ2v) is 8.49. The molecule has 24 heavy (non-hydrogen) atoms. The van der Waals surface area contributed by atoms with Gasteiger partial charge in [-0.2, -0.15) is 0 Å². The van der Waals surface area contributed by atoms with E-state index in [0.717, 1.165) is 0 Å². The van der Waals surface area contributed by atoms with E-state index in [1.807, 2.05) is 14.0 Å². The number of rotatable bonds is 8. The molecule has 0 saturated carbocycles. The number of fused-ring (bicyclic) bond motifs is 2. The molecule has 2 heterocycles. The summed E-state index contributed by atoms with van der Waals surface area (Å²) in [5.41, 5.74) is -0.810. The third-order valence-corrected chi connectivity index (χ3v) is 6.97. The summed E-state index contributed by atoms with van der Waals surface area (Å²) < 4.78 is 37.0. The van der Waals surface area contributed by atoms with Gasteiger partial charge in [0.15, 0.2) is 0 Å². The fraction of sp³-hybridized carbons (Fsp3) is 0.941. The van der Waals surface area contributed by atoms with Crippen molar-refractivity contribution in [3.63, 3.8) is 0 Å². The first-order valence-corrected chi connectivity index (χ1v) is 9.66. The van der Waals surface area contributed by atoms with Crippen molar-refractivity contribution in [3.8, 4) is 0 Å². The predicted molar refractivity (Wildman–Crippen MR) is 96.7 cm³/mol. The molecule has 0 radical (unpaired) electrons. The van der Waals surface area contributed by atoms with Crippen LogP contribution in [-0.4, -0.2) is 72.2 Å². The van der Waals surface area contributed by atoms with Gasteiger partial charge in [-0.3, -0.25) is 4.90 Å². The summed E-state index contributed by atoms with van der Waals surface area (Å²) in [4.78, 5) is 5.46. The first-order valence-electron chi connectivity index (χ1n) is 9.82. The largest absolute Gasteiger partial charge is 0.369 e. The van der Waals surface area contributed by atoms with Gasteiger partial charge >= 0.3 is 0 Å². The lowest BCUT2D eigenvalue weighted by Crippen LogP contribution is -2.47. The van der Waals surface area contributed by atoms with Crippen molar-refractivity contribution in [2.45, 2.75) is 77.4 Å². The zero-order valence-corrected chi connectivity index (χ0v) is 16.5. The Morgan fingerprint density at radius 2 is 2.21 bits per heavy atom. The minimum atomic E-state index is -1.42. The van der Waals surface area contributed by atoms with Crippen molar-refractivity contribution in [1.82, 2.24) is 9.57 Å². The van der Waals surface area contributed by atoms with Crippen LogP contribution >= 0.6 is 8.53 Å². The molecule has 2 fully saturated rings. The summed E-state index contributed by atoms with van der Waals surface area (Å²) in [6, 6.07) is 0.208. The molecule has 0 amide bonds. The van der Waals surface area contributed by atoms with Crippen LogP contribution in [-0.2, 0) is 13.8 Å². The minimum Gasteiger partial charge on any atom is -0.369 e. The highest BCUT2D eigenvalue weighted by Crippen LogP contribution is 2.53. The van der Waals surface area contributed by atoms with Gasteiger partial charge in [0.25, 0.3) is 8.53 Å². The van der Waals surface area contributed by atoms with Crippen LogP contribution in [0.15, 0.2) is 0 Å². The summed E-state index contributed by atoms with van der Waals surface area (Å²) in [7, 11) is 0.553. The highest BCUT2D eigenvalue weighted by atomic mass is 31.2. The van der Waals surface area contributed by atoms with Crippen molar-refractivity contribution in [2.24, 2.45) is 0 Å². The molecule has 138 valence electrons. The third kappa shape index (κ3) is 3.62. The molecule has 1 unspecified atom stereocenters. The fourth-order valence-electron chi connectivity index (χ4n) is 3.41. The van der Waals surface area contributed by atoms with Gasteiger partial charge in [0.2, 0.25) is 6.54 Å². The summed E-state index contributed by atoms with van der Waals surface area (Å²) in [6.45, 7) is 17.3. The van der Waals surface area contributed by atoms with Crippen LogP contribution in [0.3, 0.4) is 0 Å². The summed E-state index contributed by atoms with van der Waals surface area (Å²) in [6.07, 6.45) is -0.387. The number of morpholine rings is 1. The van der Waals surface area contributed by atoms with E-state index in [0.29, 0.717) is 6.61 Å². The van der Waals surface area contributed by atoms with Crippen LogP contribution in [0.5, 0.6) is 0 Å². The lowest BCUT2D eigenvalue weighted by molar-refractivity contribution is -0.0778. The van der Waals surface area contributed by atoms with Crippen LogP contribution in [0.25, 0.3) is 4.85 Å². The lowest BCUT2D eigenvalue weighted by atomic mass is 9.96. The van der Waals surface area contributed by atoms with Gasteiger partial charge in [-0.1, -0.05) is 0 Å². The van der Waals surface area contributed by atoms with Crippen molar-refractivity contribution < 1.29 is 16.5 Å². The molecule has 0 aromatic heterocycles. The molecule has 2 aliphatic rings. The Morgan fingerprint density at radius 1 is 1.54 bits per heavy atom. The highest BCUT2D eigenvalue weighted by Gasteiger charge is 2.61. The smallest absolute Gasteiger partial charge is 0.259 e. The highest BCUT2D eigenvalue weighted by molar-refractivity contribution is 7.44. The molecule has 2 saturated heterocycles. The number of hydrogen-bond donors (Lipinski definition) is 0. The number of nitrogens with zero attached hydrogens (tertiary/aromatic N) is 3. The fourth-order valence-corrected chi connectivity index (χ4v) is 5.20. The predicted octanol–water partition coefficient (Wildman–Crippen LogP) is 3.14. The standard InChI is InChI=1S/C17H32N3O3P/c1-12(2)20(13(3)4)24(22-10-9-18-7)23-16-15-11-21-17(16,6)14(5)19(15)8/h12-16H,9-11H2,1-6,8H3/t14-,15+,16+,17+,24?/m1/s1/i6D,11T/t11-,14+,15-,16-,17-,24?/m0. The van der Waals surface area contributed by atoms with Gasteiger partial charge in [-0.25, -0.2) is 11.2 Å². The SMILES string of the molecule is [2H]C[C@@]12O[C@@H]([3H])[C@@H]([C@@H]1OP(OCC[N+]#[C-])N(C(C)C)C(C)C)N(C)[C@@H]2C. The van der Waals surface area contributed by atoms with Crippen LogP contribution in [0, 0.1) is 6.57 Å². The molecule has 0 aromatic carbocycles. The van der Waals surface area contributed by atoms with Gasteiger partial charge in [0.1, 0.15) is 18.3 Å². The monoisotopic (exact) mass is 360 g/mol. The summed E-state index contributed by atoms with van der Waals surface area (Å²) in [5, 5.41) is 0. The van der Waals surface area contributed by atoms with Gasteiger partial charge in [-0.05, 0) is 48.6 Å². The molecule has 2 rings (SSSR count). The minimum absolute atomic E-state index is 0.00300. The number of ether oxygens (including phenoxy) is 1. The van der Waals surface area contributed by atoms with Crippen molar-refractivity contribution in [2.75, 3.05) is 26.8 Å². The van der Waals surface area contributed by atoms with Gasteiger partial charge < -0.3 is 18.6 Å². The third-order valence-electron chi connectivity index (χ3n) is 4.86. The van der Waals surface area contributed by atoms with Crippen LogP contribution in [0.2, 0.25) is 0 Å². The zero-order chi connectivity index (χ0) is 19.6. The molecule has 2 bridgehead atoms. The normalized spacial score (nSPS) is 38.7. The Labute approximate surface area is 151 Å². The van der Waals surface area contributed by atoms with Gasteiger partial charge in [0, 0.05) is 19.5 Å². The van der Waals surface area contributed by atoms with E-state index in [9.17, 15) is 0 Å². The van der Waals surface area contributed by atoms with Gasteiger partial charge in [0.05, 0.1) is 14.0 Å². The van der Waals surface area contributed by atoms with Crippen molar-refractivity contribution in [1.29, 1.82) is 0 Å². The van der Waals surface area contributed by atoms with E-state index in [1.165, 1.54) is 0 Å². The number of likely N-dealkylation sites (N-methyl/N-ethyl adjacent to an activating group) is 1. The molecule has 0 aliphatic carbocycles. The van der Waals surface area contributed by atoms with Crippen LogP contribution in [0.1, 0.15) is 44.3 Å². The zero-order valence-electron chi connectivity index (χ0n) is 17.6. The topological polar surface area (TPSA) is 38.5 Å². The molecule has 0 N–H and O–H groups in total. The maximum Gasteiger partial charge on any atom is 0.259 e. The molecule has 6 nitrogen and oxygen atoms in total. The Hall–Kier alpha value is -0.280. The van der Waals surface area contributed by atoms with E-state index in [4.69, 9.17) is 23.1 Å². The Balaban J connectivity index is 2.27. The number of hydrogen-bond acceptors (Lipinski definition) is 5. The van der Waals surface area contributed by atoms with E-state index in [2.05, 4.69) is 42.1 Å². The molecule has 2 aliphatic heterocycles. The van der Waals surface area contributed by atoms with Gasteiger partial charge in [-0.15, -0.1) is 0 Å². The first kappa shape index (κ1) is 17.1. The van der Waals surface area contributed by atoms with E-state index in [1.54, 1.807) is 0 Å². The lowest BCUT2D eigenvalue weighted by Gasteiger charge is -2.38. The Kier molecular flexibility index (Phi) is 5.68. The average Bonchev–Trinajstić information content (AvgIpc) is 2.94. The molecule has 6 atom stereocenters. The van der Waals surface area contributed by atoms with E-state index < -0.39 is 20.7 Å². The van der Waals surface area contributed by atoms with Crippen LogP contribution in [0.4, 0.5) is 0 Å². The van der Waals surface area contributed by atoms with Crippen LogP contribution < -0.4 is 0 Å². The quantitative estimate of drug-likeness (QED) is 0.378. The summed E-state index contributed by atoms with van der Waals surface area (Å²) in [5.74, 6) is 0. The number of likely N-dealkylation sites (tertiary alicyclic amines) is 1. The van der Waals surface area contributed by atoms with E-state index >= 15 is 0 Å². The molecule has 0 spiro atoms. The van der Waals surface area contributed by atoms with Crippen molar-refractivity contribution >= 4 is 8.53 Å². The van der Waals surface area contributed by atoms with Crippen molar-refractivity contribution in [3.05, 3.63) is 11.4 Å². The second-order valence-electron chi connectivity index (χ2n) is 7.09. The molecule has 0 aromatic rings. The Bertz CT molecular complexity index is 514. The molecular formula is C17H32N3O3P. The second kappa shape index (κ2) is 7.95. The summed E-state index contributed by atoms with van der Waals surface area (Å²) >= 11 is 0. The Morgan fingerprint density at radius 3 is 2.75 bits per heavy atom. The first-order chi connectivity index (χ1) is 12.2. The average molecular weight is 360 g/mol. The molecule has 7 heteroatoms. The molecular weight excluding hydrogens is 325 g/mol. The van der Waals surface area contributed by atoms with E-state index in [-0.39, 0.29) is 43.7 Å². The maximum absolute atomic E-state index is 8.27.